The summed E-state index contributed by atoms with van der Waals surface area (Å²) in [6.45, 7) is 2.55. The van der Waals surface area contributed by atoms with Crippen LogP contribution < -0.4 is 16.4 Å². The number of aryl methyl sites for hydroxylation is 1. The van der Waals surface area contributed by atoms with Gasteiger partial charge in [-0.25, -0.2) is 4.79 Å². The van der Waals surface area contributed by atoms with Gasteiger partial charge in [-0.05, 0) is 37.1 Å². The lowest BCUT2D eigenvalue weighted by atomic mass is 10.1. The Balaban J connectivity index is 1.84. The number of nitrogens with two attached hydrogens (primary N) is 1. The molecule has 2 aromatic rings. The second kappa shape index (κ2) is 7.65. The normalized spacial score (nSPS) is 10.2. The molecule has 3 amide bonds. The number of rotatable bonds is 5. The third-order valence-corrected chi connectivity index (χ3v) is 3.62. The highest BCUT2D eigenvalue weighted by Gasteiger charge is 2.08. The quantitative estimate of drug-likeness (QED) is 0.786. The zero-order valence-corrected chi connectivity index (χ0v) is 13.5. The Hall–Kier alpha value is -2.53. The molecule has 5 nitrogen and oxygen atoms in total. The Morgan fingerprint density at radius 2 is 1.83 bits per heavy atom. The second-order valence-corrected chi connectivity index (χ2v) is 5.58. The maximum absolute atomic E-state index is 11.8. The molecule has 0 fully saturated rings. The number of hydrogen-bond acceptors (Lipinski definition) is 2. The Bertz CT molecular complexity index is 714. The summed E-state index contributed by atoms with van der Waals surface area (Å²) in [6, 6.07) is 12.4. The summed E-state index contributed by atoms with van der Waals surface area (Å²) in [6.07, 6.45) is 0.745. The first-order valence-corrected chi connectivity index (χ1v) is 7.53. The first-order valence-electron chi connectivity index (χ1n) is 7.15. The molecule has 0 aliphatic rings. The van der Waals surface area contributed by atoms with Gasteiger partial charge in [0.1, 0.15) is 0 Å². The van der Waals surface area contributed by atoms with Gasteiger partial charge in [0.15, 0.2) is 0 Å². The molecule has 0 atom stereocenters. The van der Waals surface area contributed by atoms with Crippen LogP contribution in [-0.4, -0.2) is 18.5 Å². The van der Waals surface area contributed by atoms with E-state index in [0.29, 0.717) is 12.2 Å². The molecule has 0 aliphatic carbocycles. The first-order chi connectivity index (χ1) is 11.0. The van der Waals surface area contributed by atoms with Crippen LogP contribution in [0.15, 0.2) is 42.5 Å². The molecule has 120 valence electrons. The van der Waals surface area contributed by atoms with Crippen molar-refractivity contribution in [1.29, 1.82) is 0 Å². The monoisotopic (exact) mass is 331 g/mol. The van der Waals surface area contributed by atoms with Gasteiger partial charge in [0.2, 0.25) is 5.91 Å². The maximum atomic E-state index is 11.8. The third-order valence-electron chi connectivity index (χ3n) is 3.31. The second-order valence-electron chi connectivity index (χ2n) is 5.18. The van der Waals surface area contributed by atoms with Crippen molar-refractivity contribution in [2.75, 3.05) is 11.9 Å². The zero-order chi connectivity index (χ0) is 16.8. The molecule has 0 aliphatic heterocycles. The van der Waals surface area contributed by atoms with E-state index in [2.05, 4.69) is 10.6 Å². The van der Waals surface area contributed by atoms with Gasteiger partial charge in [-0.2, -0.15) is 0 Å². The minimum Gasteiger partial charge on any atom is -0.366 e. The summed E-state index contributed by atoms with van der Waals surface area (Å²) in [5.41, 5.74) is 8.25. The van der Waals surface area contributed by atoms with E-state index in [0.717, 1.165) is 12.0 Å². The average molecular weight is 332 g/mol. The molecule has 0 bridgehead atoms. The van der Waals surface area contributed by atoms with Crippen molar-refractivity contribution in [2.24, 2.45) is 5.73 Å². The molecule has 0 spiro atoms. The predicted octanol–water partition coefficient (Wildman–Crippen LogP) is 3.11. The highest BCUT2D eigenvalue weighted by molar-refractivity contribution is 6.34. The summed E-state index contributed by atoms with van der Waals surface area (Å²) in [4.78, 5) is 22.9. The fourth-order valence-corrected chi connectivity index (χ4v) is 2.32. The topological polar surface area (TPSA) is 84.2 Å². The number of primary amides is 1. The Morgan fingerprint density at radius 1 is 1.13 bits per heavy atom. The number of nitrogens with one attached hydrogen (secondary N) is 2. The summed E-state index contributed by atoms with van der Waals surface area (Å²) >= 11 is 5.93. The van der Waals surface area contributed by atoms with Gasteiger partial charge < -0.3 is 16.4 Å². The van der Waals surface area contributed by atoms with E-state index in [-0.39, 0.29) is 16.6 Å². The first kappa shape index (κ1) is 16.8. The molecule has 0 saturated carbocycles. The number of hydrogen-bond donors (Lipinski definition) is 3. The number of carbonyl (C=O) groups is 2. The van der Waals surface area contributed by atoms with E-state index in [1.807, 2.05) is 31.2 Å². The van der Waals surface area contributed by atoms with Gasteiger partial charge in [0.25, 0.3) is 0 Å². The fourth-order valence-electron chi connectivity index (χ4n) is 2.04. The molecule has 6 heteroatoms. The largest absolute Gasteiger partial charge is 0.366 e. The van der Waals surface area contributed by atoms with Crippen molar-refractivity contribution < 1.29 is 9.59 Å². The van der Waals surface area contributed by atoms with Crippen molar-refractivity contribution in [1.82, 2.24) is 5.32 Å². The Morgan fingerprint density at radius 3 is 2.43 bits per heavy atom. The SMILES string of the molecule is Cc1ccc(CCNC(=O)Nc2ccc(C(N)=O)c(Cl)c2)cc1. The number of halogens is 1. The van der Waals surface area contributed by atoms with Crippen LogP contribution in [0.25, 0.3) is 0 Å². The van der Waals surface area contributed by atoms with Crippen molar-refractivity contribution in [3.8, 4) is 0 Å². The van der Waals surface area contributed by atoms with Gasteiger partial charge >= 0.3 is 6.03 Å². The molecule has 0 aromatic heterocycles. The predicted molar refractivity (Wildman–Crippen MR) is 91.9 cm³/mol. The van der Waals surface area contributed by atoms with E-state index in [4.69, 9.17) is 17.3 Å². The maximum Gasteiger partial charge on any atom is 0.319 e. The van der Waals surface area contributed by atoms with Gasteiger partial charge in [-0.1, -0.05) is 41.4 Å². The lowest BCUT2D eigenvalue weighted by molar-refractivity contribution is 0.100. The van der Waals surface area contributed by atoms with E-state index in [9.17, 15) is 9.59 Å². The van der Waals surface area contributed by atoms with E-state index >= 15 is 0 Å². The van der Waals surface area contributed by atoms with Crippen LogP contribution in [0.3, 0.4) is 0 Å². The smallest absolute Gasteiger partial charge is 0.319 e. The van der Waals surface area contributed by atoms with Gasteiger partial charge in [0, 0.05) is 12.2 Å². The van der Waals surface area contributed by atoms with E-state index < -0.39 is 5.91 Å². The van der Waals surface area contributed by atoms with Crippen LogP contribution in [0.1, 0.15) is 21.5 Å². The minimum atomic E-state index is -0.607. The summed E-state index contributed by atoms with van der Waals surface area (Å²) in [7, 11) is 0. The van der Waals surface area contributed by atoms with Crippen LogP contribution in [-0.2, 0) is 6.42 Å². The van der Waals surface area contributed by atoms with Crippen molar-refractivity contribution in [3.63, 3.8) is 0 Å². The average Bonchev–Trinajstić information content (AvgIpc) is 2.49. The molecule has 0 radical (unpaired) electrons. The molecule has 0 unspecified atom stereocenters. The number of benzene rings is 2. The van der Waals surface area contributed by atoms with Crippen molar-refractivity contribution >= 4 is 29.2 Å². The van der Waals surface area contributed by atoms with Gasteiger partial charge in [-0.15, -0.1) is 0 Å². The molecule has 0 heterocycles. The molecule has 23 heavy (non-hydrogen) atoms. The number of anilines is 1. The summed E-state index contributed by atoms with van der Waals surface area (Å²) in [5.74, 6) is -0.607. The van der Waals surface area contributed by atoms with Crippen LogP contribution >= 0.6 is 11.6 Å². The summed E-state index contributed by atoms with van der Waals surface area (Å²) in [5, 5.41) is 5.63. The van der Waals surface area contributed by atoms with Crippen LogP contribution in [0, 0.1) is 6.92 Å². The van der Waals surface area contributed by atoms with Crippen LogP contribution in [0.4, 0.5) is 10.5 Å². The molecule has 2 rings (SSSR count). The molecule has 0 saturated heterocycles. The van der Waals surface area contributed by atoms with Crippen molar-refractivity contribution in [2.45, 2.75) is 13.3 Å². The van der Waals surface area contributed by atoms with Crippen molar-refractivity contribution in [3.05, 3.63) is 64.2 Å². The van der Waals surface area contributed by atoms with E-state index in [1.165, 1.54) is 17.7 Å². The Kier molecular flexibility index (Phi) is 5.60. The molecular formula is C17H18ClN3O2. The molecule has 2 aromatic carbocycles. The molecule has 4 N–H and O–H groups in total. The highest BCUT2D eigenvalue weighted by atomic mass is 35.5. The minimum absolute atomic E-state index is 0.204. The number of carbonyl (C=O) groups excluding carboxylic acids is 2. The standard InChI is InChI=1S/C17H18ClN3O2/c1-11-2-4-12(5-3-11)8-9-20-17(23)21-13-6-7-14(16(19)22)15(18)10-13/h2-7,10H,8-9H2,1H3,(H2,19,22)(H2,20,21,23). The third kappa shape index (κ3) is 5.00. The highest BCUT2D eigenvalue weighted by Crippen LogP contribution is 2.20. The lowest BCUT2D eigenvalue weighted by Crippen LogP contribution is -2.30. The van der Waals surface area contributed by atoms with Crippen LogP contribution in [0.5, 0.6) is 0 Å². The lowest BCUT2D eigenvalue weighted by Gasteiger charge is -2.09. The Labute approximate surface area is 139 Å². The zero-order valence-electron chi connectivity index (χ0n) is 12.7. The van der Waals surface area contributed by atoms with E-state index in [1.54, 1.807) is 6.07 Å². The van der Waals surface area contributed by atoms with Gasteiger partial charge in [-0.3, -0.25) is 4.79 Å². The summed E-state index contributed by atoms with van der Waals surface area (Å²) < 4.78 is 0. The fraction of sp³-hybridized carbons (Fsp3) is 0.176. The number of amides is 3. The molecular weight excluding hydrogens is 314 g/mol. The number of urea groups is 1. The van der Waals surface area contributed by atoms with Crippen LogP contribution in [0.2, 0.25) is 5.02 Å². The van der Waals surface area contributed by atoms with Gasteiger partial charge in [0.05, 0.1) is 10.6 Å².